The van der Waals surface area contributed by atoms with Crippen LogP contribution in [-0.2, 0) is 9.47 Å². The fourth-order valence-electron chi connectivity index (χ4n) is 2.99. The Hall–Kier alpha value is -1.64. The van der Waals surface area contributed by atoms with Crippen LogP contribution in [0.5, 0.6) is 0 Å². The standard InChI is InChI=1S/C19H20N3O2PS.C2H6/c1-11-6-16(17(22-8-11)12-4-3-5-21-9-12)26-19-18(23-2)13(20)7-14(24-19)15-10-25-15;1-2/h4,6,8-9,13,18-19,25H,7,10,20H2,1-2H3;1-2H3. The number of ether oxygens (including phenoxy) is 2. The van der Waals surface area contributed by atoms with Gasteiger partial charge in [-0.05, 0) is 35.8 Å². The molecule has 1 aromatic heterocycles. The highest BCUT2D eigenvalue weighted by Gasteiger charge is 2.39. The fraction of sp³-hybridized carbons (Fsp3) is 0.429. The van der Waals surface area contributed by atoms with Crippen LogP contribution in [0.4, 0.5) is 0 Å². The molecule has 2 fully saturated rings. The monoisotopic (exact) mass is 415 g/mol. The molecular formula is C21H26N3O2PS. The maximum atomic E-state index is 6.38. The first-order valence-electron chi connectivity index (χ1n) is 9.44. The molecule has 0 bridgehead atoms. The molecule has 2 saturated heterocycles. The van der Waals surface area contributed by atoms with E-state index >= 15 is 0 Å². The summed E-state index contributed by atoms with van der Waals surface area (Å²) in [6, 6.07) is 2.05. The normalized spacial score (nSPS) is 28.5. The van der Waals surface area contributed by atoms with Crippen molar-refractivity contribution in [1.82, 2.24) is 4.98 Å². The van der Waals surface area contributed by atoms with E-state index in [2.05, 4.69) is 27.6 Å². The summed E-state index contributed by atoms with van der Waals surface area (Å²) in [5.41, 5.74) is 11.9. The first kappa shape index (κ1) is 21.1. The summed E-state index contributed by atoms with van der Waals surface area (Å²) in [6.45, 7) is 6.03. The van der Waals surface area contributed by atoms with E-state index in [1.54, 1.807) is 25.1 Å². The summed E-state index contributed by atoms with van der Waals surface area (Å²) in [5.74, 6) is 3.75. The number of aliphatic imine (C=N–C) groups is 1. The smallest absolute Gasteiger partial charge is 0.176 e. The van der Waals surface area contributed by atoms with E-state index in [1.165, 1.54) is 5.31 Å². The lowest BCUT2D eigenvalue weighted by Gasteiger charge is -2.36. The molecule has 0 spiro atoms. The first-order valence-corrected chi connectivity index (χ1v) is 11.5. The Balaban J connectivity index is 0.00000109. The number of aromatic nitrogens is 1. The second-order valence-electron chi connectivity index (χ2n) is 6.40. The molecule has 0 radical (unpaired) electrons. The molecule has 5 nitrogen and oxygen atoms in total. The highest BCUT2D eigenvalue weighted by Crippen LogP contribution is 2.50. The fourth-order valence-corrected chi connectivity index (χ4v) is 5.03. The number of nitrogens with zero attached hydrogens (tertiary/aromatic N) is 2. The van der Waals surface area contributed by atoms with Crippen LogP contribution in [0.25, 0.3) is 5.57 Å². The minimum atomic E-state index is -0.203. The summed E-state index contributed by atoms with van der Waals surface area (Å²) < 4.78 is 12.0. The summed E-state index contributed by atoms with van der Waals surface area (Å²) >= 11 is 1.61. The van der Waals surface area contributed by atoms with Crippen molar-refractivity contribution in [2.24, 2.45) is 10.7 Å². The van der Waals surface area contributed by atoms with Gasteiger partial charge in [-0.25, -0.2) is 4.99 Å². The van der Waals surface area contributed by atoms with Crippen LogP contribution in [0.15, 0.2) is 51.2 Å². The number of pyridine rings is 1. The highest BCUT2D eigenvalue weighted by molar-refractivity contribution is 8.00. The van der Waals surface area contributed by atoms with Gasteiger partial charge in [-0.15, -0.1) is 0 Å². The number of hydrogen-bond acceptors (Lipinski definition) is 6. The molecule has 2 N–H and O–H groups in total. The Kier molecular flexibility index (Phi) is 7.31. The van der Waals surface area contributed by atoms with Crippen LogP contribution in [-0.4, -0.2) is 41.7 Å². The van der Waals surface area contributed by atoms with Crippen molar-refractivity contribution in [1.29, 1.82) is 0 Å². The molecule has 0 saturated carbocycles. The van der Waals surface area contributed by atoms with Crippen LogP contribution in [0.2, 0.25) is 0 Å². The van der Waals surface area contributed by atoms with Crippen LogP contribution < -0.4 is 5.73 Å². The highest BCUT2D eigenvalue weighted by atomic mass is 32.2. The molecule has 3 aliphatic heterocycles. The summed E-state index contributed by atoms with van der Waals surface area (Å²) in [7, 11) is 2.58. The number of allylic oxidation sites excluding steroid dienone is 3. The number of rotatable bonds is 4. The lowest BCUT2D eigenvalue weighted by Crippen LogP contribution is -2.48. The van der Waals surface area contributed by atoms with Gasteiger partial charge in [0.05, 0.1) is 5.69 Å². The van der Waals surface area contributed by atoms with Crippen LogP contribution in [0, 0.1) is 6.92 Å². The van der Waals surface area contributed by atoms with Crippen molar-refractivity contribution in [3.05, 3.63) is 52.6 Å². The van der Waals surface area contributed by atoms with E-state index in [0.717, 1.165) is 48.6 Å². The maximum Gasteiger partial charge on any atom is 0.176 e. The Labute approximate surface area is 172 Å². The van der Waals surface area contributed by atoms with Crippen molar-refractivity contribution in [3.63, 3.8) is 0 Å². The molecule has 4 rings (SSSR count). The van der Waals surface area contributed by atoms with Gasteiger partial charge in [0, 0.05) is 54.4 Å². The molecule has 4 atom stereocenters. The zero-order valence-electron chi connectivity index (χ0n) is 16.7. The molecule has 3 aliphatic rings. The van der Waals surface area contributed by atoms with Crippen LogP contribution in [0.1, 0.15) is 31.5 Å². The lowest BCUT2D eigenvalue weighted by molar-refractivity contribution is -0.0291. The molecular weight excluding hydrogens is 389 g/mol. The molecule has 0 aromatic carbocycles. The average molecular weight is 415 g/mol. The van der Waals surface area contributed by atoms with Gasteiger partial charge in [0.1, 0.15) is 11.9 Å². The summed E-state index contributed by atoms with van der Waals surface area (Å²) in [5, 5.41) is 1.42. The van der Waals surface area contributed by atoms with E-state index < -0.39 is 0 Å². The molecule has 1 aromatic rings. The number of methoxy groups -OCH3 is 1. The minimum Gasteiger partial charge on any atom is -0.481 e. The molecule has 4 heterocycles. The third-order valence-corrected chi connectivity index (χ3v) is 6.55. The summed E-state index contributed by atoms with van der Waals surface area (Å²) in [4.78, 5) is 9.69. The largest absolute Gasteiger partial charge is 0.481 e. The second kappa shape index (κ2) is 9.71. The quantitative estimate of drug-likeness (QED) is 0.589. The molecule has 148 valence electrons. The summed E-state index contributed by atoms with van der Waals surface area (Å²) in [6.07, 6.45) is 7.18. The number of aryl methyl sites for hydroxylation is 1. The maximum absolute atomic E-state index is 6.38. The van der Waals surface area contributed by atoms with Gasteiger partial charge < -0.3 is 15.2 Å². The predicted molar refractivity (Wildman–Crippen MR) is 118 cm³/mol. The average Bonchev–Trinajstić information content (AvgIpc) is 3.55. The van der Waals surface area contributed by atoms with Crippen molar-refractivity contribution in [2.45, 2.75) is 49.7 Å². The van der Waals surface area contributed by atoms with Gasteiger partial charge >= 0.3 is 0 Å². The van der Waals surface area contributed by atoms with Gasteiger partial charge in [-0.1, -0.05) is 34.2 Å². The molecule has 4 unspecified atom stereocenters. The van der Waals surface area contributed by atoms with Gasteiger partial charge in [0.2, 0.25) is 0 Å². The topological polar surface area (TPSA) is 69.7 Å². The second-order valence-corrected chi connectivity index (χ2v) is 8.85. The third-order valence-electron chi connectivity index (χ3n) is 4.40. The van der Waals surface area contributed by atoms with E-state index in [1.807, 2.05) is 33.0 Å². The zero-order valence-corrected chi connectivity index (χ0v) is 18.5. The lowest BCUT2D eigenvalue weighted by atomic mass is 10.0. The Bertz CT molecular complexity index is 893. The third kappa shape index (κ3) is 4.85. The zero-order chi connectivity index (χ0) is 20.1. The number of thioether (sulfide) groups is 1. The van der Waals surface area contributed by atoms with Gasteiger partial charge in [0.15, 0.2) is 5.44 Å². The Morgan fingerprint density at radius 2 is 2.18 bits per heavy atom. The van der Waals surface area contributed by atoms with E-state index in [9.17, 15) is 0 Å². The van der Waals surface area contributed by atoms with Crippen molar-refractivity contribution in [2.75, 3.05) is 13.3 Å². The van der Waals surface area contributed by atoms with Gasteiger partial charge in [0.25, 0.3) is 0 Å². The Morgan fingerprint density at radius 3 is 2.82 bits per heavy atom. The van der Waals surface area contributed by atoms with Crippen molar-refractivity contribution >= 4 is 31.8 Å². The van der Waals surface area contributed by atoms with Crippen LogP contribution >= 0.6 is 20.3 Å². The Morgan fingerprint density at radius 1 is 1.39 bits per heavy atom. The molecule has 0 amide bonds. The van der Waals surface area contributed by atoms with E-state index in [-0.39, 0.29) is 17.6 Å². The van der Waals surface area contributed by atoms with Gasteiger partial charge in [-0.3, -0.25) is 4.98 Å². The van der Waals surface area contributed by atoms with E-state index in [4.69, 9.17) is 15.2 Å². The SMILES string of the molecule is CC.COC1C(N)CC(=C2CP2)OC1Sc1cc(C)cnc1C1=CN=C=C=C1. The molecule has 28 heavy (non-hydrogen) atoms. The molecule has 7 heteroatoms. The predicted octanol–water partition coefficient (Wildman–Crippen LogP) is 4.24. The van der Waals surface area contributed by atoms with Crippen molar-refractivity contribution in [3.8, 4) is 0 Å². The first-order chi connectivity index (χ1) is 13.7. The number of nitrogens with two attached hydrogens (primary N) is 1. The number of hydrogen-bond donors (Lipinski definition) is 1. The van der Waals surface area contributed by atoms with E-state index in [0.29, 0.717) is 0 Å². The molecule has 0 aliphatic carbocycles. The van der Waals surface area contributed by atoms with Crippen LogP contribution in [0.3, 0.4) is 0 Å². The minimum absolute atomic E-state index is 0.0679. The van der Waals surface area contributed by atoms with Crippen molar-refractivity contribution < 1.29 is 9.47 Å². The van der Waals surface area contributed by atoms with Gasteiger partial charge in [-0.2, -0.15) is 0 Å².